The van der Waals surface area contributed by atoms with Crippen molar-refractivity contribution in [1.82, 2.24) is 5.32 Å². The Bertz CT molecular complexity index is 551. The average Bonchev–Trinajstić information content (AvgIpc) is 2.86. The van der Waals surface area contributed by atoms with Crippen LogP contribution in [0.15, 0.2) is 18.2 Å². The summed E-state index contributed by atoms with van der Waals surface area (Å²) in [6, 6.07) is 4.42. The number of anilines is 1. The average molecular weight is 292 g/mol. The van der Waals surface area contributed by atoms with Crippen LogP contribution >= 0.6 is 0 Å². The third-order valence-corrected chi connectivity index (χ3v) is 3.74. The summed E-state index contributed by atoms with van der Waals surface area (Å²) in [4.78, 5) is 23.0. The minimum atomic E-state index is -1.01. The van der Waals surface area contributed by atoms with Crippen molar-refractivity contribution in [2.45, 2.75) is 32.3 Å². The van der Waals surface area contributed by atoms with Crippen LogP contribution in [0.2, 0.25) is 0 Å². The molecular formula is C15H20N2O4. The van der Waals surface area contributed by atoms with Gasteiger partial charge >= 0.3 is 12.0 Å². The number of carboxylic acid groups (broad SMARTS) is 1. The van der Waals surface area contributed by atoms with E-state index in [-0.39, 0.29) is 17.2 Å². The number of carbonyl (C=O) groups is 2. The second-order valence-corrected chi connectivity index (χ2v) is 5.49. The largest absolute Gasteiger partial charge is 0.478 e. The smallest absolute Gasteiger partial charge is 0.336 e. The molecule has 0 spiro atoms. The van der Waals surface area contributed by atoms with Crippen LogP contribution in [0.5, 0.6) is 0 Å². The molecule has 1 aliphatic heterocycles. The van der Waals surface area contributed by atoms with Gasteiger partial charge in [-0.3, -0.25) is 0 Å². The molecule has 1 aliphatic rings. The first-order valence-electron chi connectivity index (χ1n) is 6.93. The molecular weight excluding hydrogens is 272 g/mol. The Morgan fingerprint density at radius 1 is 1.43 bits per heavy atom. The first-order chi connectivity index (χ1) is 9.91. The highest BCUT2D eigenvalue weighted by Crippen LogP contribution is 2.24. The maximum Gasteiger partial charge on any atom is 0.336 e. The zero-order chi connectivity index (χ0) is 15.5. The van der Waals surface area contributed by atoms with Gasteiger partial charge in [-0.1, -0.05) is 6.07 Å². The number of urea groups is 1. The quantitative estimate of drug-likeness (QED) is 0.795. The lowest BCUT2D eigenvalue weighted by atomic mass is 10.0. The third-order valence-electron chi connectivity index (χ3n) is 3.74. The second-order valence-electron chi connectivity index (χ2n) is 5.49. The number of carboxylic acids is 1. The summed E-state index contributed by atoms with van der Waals surface area (Å²) in [6.07, 6.45) is 1.92. The van der Waals surface area contributed by atoms with Gasteiger partial charge in [-0.05, 0) is 44.4 Å². The van der Waals surface area contributed by atoms with E-state index in [2.05, 4.69) is 10.6 Å². The van der Waals surface area contributed by atoms with Gasteiger partial charge in [-0.15, -0.1) is 0 Å². The topological polar surface area (TPSA) is 87.7 Å². The highest BCUT2D eigenvalue weighted by Gasteiger charge is 2.30. The summed E-state index contributed by atoms with van der Waals surface area (Å²) in [7, 11) is 0. The van der Waals surface area contributed by atoms with Crippen LogP contribution < -0.4 is 10.6 Å². The van der Waals surface area contributed by atoms with Crippen LogP contribution in [0.3, 0.4) is 0 Å². The minimum Gasteiger partial charge on any atom is -0.478 e. The van der Waals surface area contributed by atoms with Gasteiger partial charge in [0.15, 0.2) is 0 Å². The number of carbonyl (C=O) groups excluding carboxylic acids is 1. The van der Waals surface area contributed by atoms with Gasteiger partial charge in [0.25, 0.3) is 0 Å². The molecule has 0 bridgehead atoms. The lowest BCUT2D eigenvalue weighted by molar-refractivity contribution is 0.0232. The van der Waals surface area contributed by atoms with Crippen molar-refractivity contribution >= 4 is 17.7 Å². The number of aromatic carboxylic acids is 1. The minimum absolute atomic E-state index is 0.180. The summed E-state index contributed by atoms with van der Waals surface area (Å²) in [5.41, 5.74) is 0.891. The molecule has 2 rings (SSSR count). The highest BCUT2D eigenvalue weighted by atomic mass is 16.5. The summed E-state index contributed by atoms with van der Waals surface area (Å²) in [5, 5.41) is 14.5. The number of nitrogens with one attached hydrogen (secondary N) is 2. The molecule has 6 heteroatoms. The van der Waals surface area contributed by atoms with Crippen LogP contribution in [0.25, 0.3) is 0 Å². The number of ether oxygens (including phenoxy) is 1. The number of benzene rings is 1. The van der Waals surface area contributed by atoms with E-state index in [0.717, 1.165) is 19.4 Å². The fourth-order valence-corrected chi connectivity index (χ4v) is 2.41. The van der Waals surface area contributed by atoms with E-state index in [0.29, 0.717) is 17.8 Å². The van der Waals surface area contributed by atoms with E-state index in [1.54, 1.807) is 19.1 Å². The Labute approximate surface area is 123 Å². The van der Waals surface area contributed by atoms with E-state index in [4.69, 9.17) is 9.84 Å². The van der Waals surface area contributed by atoms with Crippen molar-refractivity contribution in [3.8, 4) is 0 Å². The molecule has 1 aromatic carbocycles. The van der Waals surface area contributed by atoms with E-state index >= 15 is 0 Å². The molecule has 1 aromatic rings. The van der Waals surface area contributed by atoms with Gasteiger partial charge < -0.3 is 20.5 Å². The zero-order valence-electron chi connectivity index (χ0n) is 12.2. The molecule has 6 nitrogen and oxygen atoms in total. The van der Waals surface area contributed by atoms with Crippen LogP contribution in [-0.4, -0.2) is 35.9 Å². The van der Waals surface area contributed by atoms with Crippen LogP contribution in [0.4, 0.5) is 10.5 Å². The molecule has 21 heavy (non-hydrogen) atoms. The first kappa shape index (κ1) is 15.3. The van der Waals surface area contributed by atoms with Crippen molar-refractivity contribution in [2.75, 3.05) is 18.5 Å². The number of rotatable bonds is 4. The van der Waals surface area contributed by atoms with Crippen LogP contribution in [0.1, 0.15) is 35.7 Å². The molecule has 1 unspecified atom stereocenters. The Morgan fingerprint density at radius 2 is 2.19 bits per heavy atom. The molecule has 1 fully saturated rings. The maximum absolute atomic E-state index is 11.9. The molecule has 1 heterocycles. The van der Waals surface area contributed by atoms with Gasteiger partial charge in [0.2, 0.25) is 0 Å². The standard InChI is InChI=1S/C15H20N2O4/c1-10-11(13(18)19)5-3-6-12(10)17-14(20)16-9-15(2)7-4-8-21-15/h3,5-6H,4,7-9H2,1-2H3,(H,18,19)(H2,16,17,20). The van der Waals surface area contributed by atoms with Crippen molar-refractivity contribution < 1.29 is 19.4 Å². The second kappa shape index (κ2) is 6.13. The van der Waals surface area contributed by atoms with Crippen molar-refractivity contribution in [1.29, 1.82) is 0 Å². The number of hydrogen-bond acceptors (Lipinski definition) is 3. The molecule has 1 saturated heterocycles. The SMILES string of the molecule is Cc1c(NC(=O)NCC2(C)CCCO2)cccc1C(=O)O. The number of hydrogen-bond donors (Lipinski definition) is 3. The maximum atomic E-state index is 11.9. The first-order valence-corrected chi connectivity index (χ1v) is 6.93. The monoisotopic (exact) mass is 292 g/mol. The molecule has 1 atom stereocenters. The van der Waals surface area contributed by atoms with Crippen molar-refractivity contribution in [3.63, 3.8) is 0 Å². The lowest BCUT2D eigenvalue weighted by Crippen LogP contribution is -2.42. The Balaban J connectivity index is 1.97. The van der Waals surface area contributed by atoms with Gasteiger partial charge in [0.05, 0.1) is 11.2 Å². The van der Waals surface area contributed by atoms with Crippen LogP contribution in [0, 0.1) is 6.92 Å². The number of amides is 2. The summed E-state index contributed by atoms with van der Waals surface area (Å²) >= 11 is 0. The summed E-state index contributed by atoms with van der Waals surface area (Å²) < 4.78 is 5.60. The van der Waals surface area contributed by atoms with Gasteiger partial charge in [-0.2, -0.15) is 0 Å². The molecule has 0 radical (unpaired) electrons. The normalized spacial score (nSPS) is 21.0. The summed E-state index contributed by atoms with van der Waals surface area (Å²) in [5.74, 6) is -1.01. The third kappa shape index (κ3) is 3.72. The molecule has 0 aromatic heterocycles. The molecule has 3 N–H and O–H groups in total. The Hall–Kier alpha value is -2.08. The highest BCUT2D eigenvalue weighted by molar-refractivity contribution is 5.95. The van der Waals surface area contributed by atoms with E-state index in [9.17, 15) is 9.59 Å². The molecule has 114 valence electrons. The fraction of sp³-hybridized carbons (Fsp3) is 0.467. The van der Waals surface area contributed by atoms with Crippen molar-refractivity contribution in [2.24, 2.45) is 0 Å². The zero-order valence-corrected chi connectivity index (χ0v) is 12.2. The Kier molecular flexibility index (Phi) is 4.47. The predicted molar refractivity (Wildman–Crippen MR) is 78.8 cm³/mol. The van der Waals surface area contributed by atoms with E-state index in [1.807, 2.05) is 6.92 Å². The molecule has 0 saturated carbocycles. The van der Waals surface area contributed by atoms with Gasteiger partial charge in [0.1, 0.15) is 0 Å². The van der Waals surface area contributed by atoms with Crippen molar-refractivity contribution in [3.05, 3.63) is 29.3 Å². The van der Waals surface area contributed by atoms with Gasteiger partial charge in [0, 0.05) is 18.8 Å². The van der Waals surface area contributed by atoms with Gasteiger partial charge in [-0.25, -0.2) is 9.59 Å². The fourth-order valence-electron chi connectivity index (χ4n) is 2.41. The molecule has 2 amide bonds. The Morgan fingerprint density at radius 3 is 2.81 bits per heavy atom. The van der Waals surface area contributed by atoms with E-state index < -0.39 is 5.97 Å². The lowest BCUT2D eigenvalue weighted by Gasteiger charge is -2.23. The summed E-state index contributed by atoms with van der Waals surface area (Å²) in [6.45, 7) is 4.78. The molecule has 0 aliphatic carbocycles. The van der Waals surface area contributed by atoms with E-state index in [1.165, 1.54) is 6.07 Å². The van der Waals surface area contributed by atoms with Crippen LogP contribution in [-0.2, 0) is 4.74 Å². The predicted octanol–water partition coefficient (Wildman–Crippen LogP) is 2.38.